The Morgan fingerprint density at radius 1 is 0.559 bits per heavy atom. The van der Waals surface area contributed by atoms with E-state index >= 15 is 0 Å². The lowest BCUT2D eigenvalue weighted by molar-refractivity contribution is 0.272. The van der Waals surface area contributed by atoms with E-state index in [-0.39, 0.29) is 0 Å². The zero-order valence-corrected chi connectivity index (χ0v) is 23.2. The summed E-state index contributed by atoms with van der Waals surface area (Å²) < 4.78 is 23.3. The molecule has 0 amide bonds. The SMILES string of the molecule is CCCCCCCCCCCCCCCCCCCC1(CC)CO1.O=P(O)(O)O.O=P(O)(O)O. The molecule has 1 heterocycles. The van der Waals surface area contributed by atoms with E-state index < -0.39 is 15.6 Å². The maximum Gasteiger partial charge on any atom is 0.466 e. The largest absolute Gasteiger partial charge is 0.466 e. The molecule has 1 rings (SSSR count). The van der Waals surface area contributed by atoms with E-state index in [1.165, 1.54) is 122 Å². The summed E-state index contributed by atoms with van der Waals surface area (Å²) in [4.78, 5) is 43.1. The van der Waals surface area contributed by atoms with Crippen molar-refractivity contribution in [3.8, 4) is 0 Å². The molecule has 0 aromatic heterocycles. The van der Waals surface area contributed by atoms with Gasteiger partial charge in [-0.15, -0.1) is 0 Å². The summed E-state index contributed by atoms with van der Waals surface area (Å²) >= 11 is 0. The first-order valence-corrected chi connectivity index (χ1v) is 16.2. The van der Waals surface area contributed by atoms with Crippen LogP contribution in [0.3, 0.4) is 0 Å². The number of hydrogen-bond acceptors (Lipinski definition) is 3. The zero-order chi connectivity index (χ0) is 26.3. The second-order valence-corrected chi connectivity index (χ2v) is 11.3. The Morgan fingerprint density at radius 2 is 0.794 bits per heavy atom. The molecule has 1 unspecified atom stereocenters. The van der Waals surface area contributed by atoms with Crippen molar-refractivity contribution in [1.29, 1.82) is 0 Å². The smallest absolute Gasteiger partial charge is 0.370 e. The van der Waals surface area contributed by atoms with E-state index in [2.05, 4.69) is 13.8 Å². The molecule has 0 aromatic rings. The lowest BCUT2D eigenvalue weighted by atomic mass is 9.98. The molecule has 1 aliphatic heterocycles. The second-order valence-electron chi connectivity index (χ2n) is 9.26. The Bertz CT molecular complexity index is 494. The zero-order valence-electron chi connectivity index (χ0n) is 21.4. The fourth-order valence-electron chi connectivity index (χ4n) is 3.80. The average Bonchev–Trinajstić information content (AvgIpc) is 3.48. The third-order valence-corrected chi connectivity index (χ3v) is 5.93. The first-order valence-electron chi connectivity index (χ1n) is 13.0. The normalized spacial score (nSPS) is 17.4. The lowest BCUT2D eigenvalue weighted by Crippen LogP contribution is -2.08. The van der Waals surface area contributed by atoms with Gasteiger partial charge in [-0.05, 0) is 12.8 Å². The first-order chi connectivity index (χ1) is 15.8. The minimum atomic E-state index is -4.64. The van der Waals surface area contributed by atoms with E-state index in [1.807, 2.05) is 0 Å². The molecule has 0 aromatic carbocycles. The summed E-state index contributed by atoms with van der Waals surface area (Å²) in [6.07, 6.45) is 27.3. The van der Waals surface area contributed by atoms with Crippen molar-refractivity contribution < 1.29 is 43.2 Å². The molecule has 1 atom stereocenters. The van der Waals surface area contributed by atoms with Gasteiger partial charge >= 0.3 is 15.6 Å². The summed E-state index contributed by atoms with van der Waals surface area (Å²) in [5, 5.41) is 0. The van der Waals surface area contributed by atoms with E-state index in [1.54, 1.807) is 0 Å². The van der Waals surface area contributed by atoms with Gasteiger partial charge in [-0.1, -0.05) is 123 Å². The van der Waals surface area contributed by atoms with Crippen LogP contribution in [0.25, 0.3) is 0 Å². The van der Waals surface area contributed by atoms with E-state index in [4.69, 9.17) is 43.2 Å². The van der Waals surface area contributed by atoms with Crippen LogP contribution in [-0.4, -0.2) is 41.6 Å². The quantitative estimate of drug-likeness (QED) is 0.0628. The molecule has 11 heteroatoms. The molecule has 9 nitrogen and oxygen atoms in total. The Hall–Kier alpha value is 0.180. The minimum Gasteiger partial charge on any atom is -0.370 e. The van der Waals surface area contributed by atoms with Crippen molar-refractivity contribution in [2.24, 2.45) is 0 Å². The van der Waals surface area contributed by atoms with Gasteiger partial charge in [0.2, 0.25) is 0 Å². The predicted molar refractivity (Wildman–Crippen MR) is 136 cm³/mol. The van der Waals surface area contributed by atoms with Gasteiger partial charge in [-0.25, -0.2) is 9.13 Å². The van der Waals surface area contributed by atoms with E-state index in [0.29, 0.717) is 5.60 Å². The number of unbranched alkanes of at least 4 members (excludes halogenated alkanes) is 16. The fourth-order valence-corrected chi connectivity index (χ4v) is 3.80. The van der Waals surface area contributed by atoms with Gasteiger partial charge < -0.3 is 34.1 Å². The highest BCUT2D eigenvalue weighted by Crippen LogP contribution is 2.36. The molecule has 6 N–H and O–H groups in total. The van der Waals surface area contributed by atoms with Crippen LogP contribution in [0, 0.1) is 0 Å². The van der Waals surface area contributed by atoms with Gasteiger partial charge in [0, 0.05) is 0 Å². The summed E-state index contributed by atoms with van der Waals surface area (Å²) in [5.41, 5.74) is 0.329. The van der Waals surface area contributed by atoms with Crippen LogP contribution in [-0.2, 0) is 13.9 Å². The molecule has 0 saturated carbocycles. The number of ether oxygens (including phenoxy) is 1. The van der Waals surface area contributed by atoms with Crippen LogP contribution in [0.1, 0.15) is 136 Å². The highest BCUT2D eigenvalue weighted by Gasteiger charge is 2.41. The van der Waals surface area contributed by atoms with Gasteiger partial charge in [-0.3, -0.25) is 0 Å². The first kappa shape index (κ1) is 36.3. The Balaban J connectivity index is 0. The minimum absolute atomic E-state index is 0.329. The molecule has 0 spiro atoms. The molecule has 0 bridgehead atoms. The topological polar surface area (TPSA) is 168 Å². The highest BCUT2D eigenvalue weighted by molar-refractivity contribution is 7.45. The van der Waals surface area contributed by atoms with Crippen molar-refractivity contribution in [1.82, 2.24) is 0 Å². The maximum atomic E-state index is 8.88. The van der Waals surface area contributed by atoms with Gasteiger partial charge in [0.25, 0.3) is 0 Å². The van der Waals surface area contributed by atoms with Crippen LogP contribution in [0.5, 0.6) is 0 Å². The van der Waals surface area contributed by atoms with E-state index in [9.17, 15) is 0 Å². The van der Waals surface area contributed by atoms with Gasteiger partial charge in [-0.2, -0.15) is 0 Å². The summed E-state index contributed by atoms with van der Waals surface area (Å²) in [6, 6.07) is 0. The van der Waals surface area contributed by atoms with Crippen molar-refractivity contribution in [3.05, 3.63) is 0 Å². The molecular formula is C23H52O9P2. The van der Waals surface area contributed by atoms with Crippen molar-refractivity contribution >= 4 is 15.6 Å². The second kappa shape index (κ2) is 22.4. The highest BCUT2D eigenvalue weighted by atomic mass is 31.2. The maximum absolute atomic E-state index is 8.88. The molecular weight excluding hydrogens is 482 g/mol. The molecule has 0 radical (unpaired) electrons. The molecule has 1 aliphatic rings. The Kier molecular flexibility index (Phi) is 23.9. The molecule has 34 heavy (non-hydrogen) atoms. The third-order valence-electron chi connectivity index (χ3n) is 5.93. The van der Waals surface area contributed by atoms with Gasteiger partial charge in [0.1, 0.15) is 0 Å². The Labute approximate surface area is 207 Å². The fraction of sp³-hybridized carbons (Fsp3) is 1.00. The molecule has 208 valence electrons. The van der Waals surface area contributed by atoms with Gasteiger partial charge in [0.15, 0.2) is 0 Å². The summed E-state index contributed by atoms with van der Waals surface area (Å²) in [5.74, 6) is 0. The summed E-state index contributed by atoms with van der Waals surface area (Å²) in [6.45, 7) is 5.59. The lowest BCUT2D eigenvalue weighted by Gasteiger charge is -2.08. The van der Waals surface area contributed by atoms with Crippen molar-refractivity contribution in [3.63, 3.8) is 0 Å². The molecule has 1 fully saturated rings. The third kappa shape index (κ3) is 39.4. The Morgan fingerprint density at radius 3 is 1.00 bits per heavy atom. The standard InChI is InChI=1S/C23H46O.2H3O4P/c1-3-5-6-7-8-9-10-11-12-13-14-15-16-17-18-19-20-21-23(4-2)22-24-23;2*1-5(2,3)4/h3-22H2,1-2H3;2*(H3,1,2,3,4). The van der Waals surface area contributed by atoms with Crippen LogP contribution >= 0.6 is 15.6 Å². The van der Waals surface area contributed by atoms with Crippen LogP contribution in [0.2, 0.25) is 0 Å². The van der Waals surface area contributed by atoms with Crippen LogP contribution in [0.15, 0.2) is 0 Å². The number of phosphoric acid groups is 2. The van der Waals surface area contributed by atoms with Crippen molar-refractivity contribution in [2.45, 2.75) is 141 Å². The molecule has 0 aliphatic carbocycles. The van der Waals surface area contributed by atoms with Crippen LogP contribution < -0.4 is 0 Å². The van der Waals surface area contributed by atoms with Crippen molar-refractivity contribution in [2.75, 3.05) is 6.61 Å². The number of hydrogen-bond donors (Lipinski definition) is 6. The average molecular weight is 535 g/mol. The molecule has 1 saturated heterocycles. The van der Waals surface area contributed by atoms with Crippen LogP contribution in [0.4, 0.5) is 0 Å². The van der Waals surface area contributed by atoms with E-state index in [0.717, 1.165) is 6.61 Å². The number of epoxide rings is 1. The number of rotatable bonds is 19. The monoisotopic (exact) mass is 534 g/mol. The van der Waals surface area contributed by atoms with Gasteiger partial charge in [0.05, 0.1) is 12.2 Å². The predicted octanol–water partition coefficient (Wildman–Crippen LogP) is 6.35. The summed E-state index contributed by atoms with van der Waals surface area (Å²) in [7, 11) is -9.28.